The van der Waals surface area contributed by atoms with Gasteiger partial charge in [0.25, 0.3) is 0 Å². The minimum Gasteiger partial charge on any atom is -0.329 e. The van der Waals surface area contributed by atoms with E-state index in [2.05, 4.69) is 11.6 Å². The van der Waals surface area contributed by atoms with Crippen molar-refractivity contribution in [1.29, 1.82) is 5.26 Å². The van der Waals surface area contributed by atoms with Crippen LogP contribution in [-0.4, -0.2) is 21.0 Å². The number of nitrogens with zero attached hydrogens (tertiary/aromatic N) is 1. The second kappa shape index (κ2) is 8.00. The molecule has 0 heterocycles. The van der Waals surface area contributed by atoms with E-state index in [0.717, 1.165) is 19.3 Å². The number of benzene rings is 1. The molecule has 0 aliphatic heterocycles. The third-order valence-corrected chi connectivity index (χ3v) is 4.36. The summed E-state index contributed by atoms with van der Waals surface area (Å²) >= 11 is 0. The van der Waals surface area contributed by atoms with Crippen LogP contribution < -0.4 is 10.5 Å². The molecule has 1 unspecified atom stereocenters. The molecule has 0 aliphatic rings. The van der Waals surface area contributed by atoms with E-state index in [9.17, 15) is 8.42 Å². The summed E-state index contributed by atoms with van der Waals surface area (Å²) in [5, 5.41) is 8.81. The maximum Gasteiger partial charge on any atom is 0.216 e. The monoisotopic (exact) mass is 295 g/mol. The van der Waals surface area contributed by atoms with E-state index >= 15 is 0 Å². The summed E-state index contributed by atoms with van der Waals surface area (Å²) in [6.07, 6.45) is 2.68. The minimum atomic E-state index is -3.44. The number of nitriles is 1. The first-order valence-electron chi connectivity index (χ1n) is 6.70. The highest BCUT2D eigenvalue weighted by molar-refractivity contribution is 7.88. The Bertz CT molecular complexity index is 564. The molecule has 1 atom stereocenters. The third-order valence-electron chi connectivity index (χ3n) is 2.95. The zero-order valence-corrected chi connectivity index (χ0v) is 12.5. The van der Waals surface area contributed by atoms with Crippen molar-refractivity contribution in [2.24, 2.45) is 5.73 Å². The van der Waals surface area contributed by atoms with Crippen LogP contribution in [-0.2, 0) is 15.8 Å². The molecule has 20 heavy (non-hydrogen) atoms. The number of unbranched alkanes of at least 4 members (excludes halogenated alkanes) is 1. The molecule has 1 aromatic carbocycles. The molecule has 0 fully saturated rings. The van der Waals surface area contributed by atoms with Crippen molar-refractivity contribution in [3.63, 3.8) is 0 Å². The van der Waals surface area contributed by atoms with Crippen LogP contribution in [0.3, 0.4) is 0 Å². The van der Waals surface area contributed by atoms with E-state index in [-0.39, 0.29) is 18.3 Å². The van der Waals surface area contributed by atoms with E-state index in [4.69, 9.17) is 11.0 Å². The van der Waals surface area contributed by atoms with Crippen LogP contribution in [0.5, 0.6) is 0 Å². The molecule has 0 aromatic heterocycles. The zero-order valence-electron chi connectivity index (χ0n) is 11.7. The summed E-state index contributed by atoms with van der Waals surface area (Å²) in [6.45, 7) is 2.34. The summed E-state index contributed by atoms with van der Waals surface area (Å²) < 4.78 is 26.8. The molecule has 110 valence electrons. The van der Waals surface area contributed by atoms with E-state index < -0.39 is 10.0 Å². The Morgan fingerprint density at radius 3 is 2.80 bits per heavy atom. The first-order chi connectivity index (χ1) is 9.50. The van der Waals surface area contributed by atoms with Crippen LogP contribution in [0.4, 0.5) is 0 Å². The summed E-state index contributed by atoms with van der Waals surface area (Å²) in [6, 6.07) is 8.39. The van der Waals surface area contributed by atoms with Gasteiger partial charge in [-0.25, -0.2) is 13.1 Å². The van der Waals surface area contributed by atoms with Crippen LogP contribution >= 0.6 is 0 Å². The predicted octanol–water partition coefficient (Wildman–Crippen LogP) is 1.50. The molecule has 1 rings (SSSR count). The molecular formula is C14H21N3O2S. The van der Waals surface area contributed by atoms with E-state index in [1.165, 1.54) is 0 Å². The molecule has 0 radical (unpaired) electrons. The third kappa shape index (κ3) is 5.70. The standard InChI is InChI=1S/C14H21N3O2S/c1-2-3-7-14(10-16)17-20(18,19)11-13-6-4-5-12(8-13)9-15/h4-6,8,14,17H,2-3,7,10-11,16H2,1H3. The fraction of sp³-hybridized carbons (Fsp3) is 0.500. The number of nitrogens with one attached hydrogen (secondary N) is 1. The van der Waals surface area contributed by atoms with Crippen molar-refractivity contribution in [2.75, 3.05) is 6.54 Å². The van der Waals surface area contributed by atoms with Crippen molar-refractivity contribution < 1.29 is 8.42 Å². The number of sulfonamides is 1. The summed E-state index contributed by atoms with van der Waals surface area (Å²) in [7, 11) is -3.44. The Morgan fingerprint density at radius 2 is 2.20 bits per heavy atom. The van der Waals surface area contributed by atoms with Gasteiger partial charge in [-0.1, -0.05) is 31.9 Å². The van der Waals surface area contributed by atoms with Gasteiger partial charge in [-0.2, -0.15) is 5.26 Å². The van der Waals surface area contributed by atoms with Gasteiger partial charge in [-0.3, -0.25) is 0 Å². The molecule has 0 bridgehead atoms. The first kappa shape index (κ1) is 16.6. The molecule has 0 saturated heterocycles. The molecule has 0 amide bonds. The second-order valence-corrected chi connectivity index (χ2v) is 6.52. The van der Waals surface area contributed by atoms with Gasteiger partial charge < -0.3 is 5.73 Å². The van der Waals surface area contributed by atoms with E-state index in [0.29, 0.717) is 11.1 Å². The normalized spacial score (nSPS) is 12.8. The highest BCUT2D eigenvalue weighted by Gasteiger charge is 2.17. The lowest BCUT2D eigenvalue weighted by Crippen LogP contribution is -2.40. The molecule has 0 aliphatic carbocycles. The maximum atomic E-state index is 12.1. The highest BCUT2D eigenvalue weighted by Crippen LogP contribution is 2.09. The molecule has 0 spiro atoms. The van der Waals surface area contributed by atoms with Crippen LogP contribution in [0.25, 0.3) is 0 Å². The summed E-state index contributed by atoms with van der Waals surface area (Å²) in [5.74, 6) is -0.134. The fourth-order valence-electron chi connectivity index (χ4n) is 1.92. The molecule has 5 nitrogen and oxygen atoms in total. The molecule has 0 saturated carbocycles. The lowest BCUT2D eigenvalue weighted by Gasteiger charge is -2.16. The number of rotatable bonds is 8. The number of nitrogens with two attached hydrogens (primary N) is 1. The van der Waals surface area contributed by atoms with Gasteiger partial charge in [-0.15, -0.1) is 0 Å². The SMILES string of the molecule is CCCCC(CN)NS(=O)(=O)Cc1cccc(C#N)c1. The summed E-state index contributed by atoms with van der Waals surface area (Å²) in [4.78, 5) is 0. The van der Waals surface area contributed by atoms with Crippen LogP contribution in [0.15, 0.2) is 24.3 Å². The first-order valence-corrected chi connectivity index (χ1v) is 8.35. The van der Waals surface area contributed by atoms with Gasteiger partial charge in [0, 0.05) is 12.6 Å². The average Bonchev–Trinajstić information content (AvgIpc) is 2.43. The second-order valence-electron chi connectivity index (χ2n) is 4.76. The van der Waals surface area contributed by atoms with Crippen molar-refractivity contribution in [3.8, 4) is 6.07 Å². The van der Waals surface area contributed by atoms with Crippen LogP contribution in [0.2, 0.25) is 0 Å². The van der Waals surface area contributed by atoms with Gasteiger partial charge in [-0.05, 0) is 24.1 Å². The Morgan fingerprint density at radius 1 is 1.45 bits per heavy atom. The predicted molar refractivity (Wildman–Crippen MR) is 79.3 cm³/mol. The number of hydrogen-bond acceptors (Lipinski definition) is 4. The lowest BCUT2D eigenvalue weighted by atomic mass is 10.1. The van der Waals surface area contributed by atoms with Gasteiger partial charge in [0.2, 0.25) is 10.0 Å². The van der Waals surface area contributed by atoms with Gasteiger partial charge in [0.15, 0.2) is 0 Å². The Balaban J connectivity index is 2.71. The fourth-order valence-corrected chi connectivity index (χ4v) is 3.34. The van der Waals surface area contributed by atoms with Crippen molar-refractivity contribution in [1.82, 2.24) is 4.72 Å². The highest BCUT2D eigenvalue weighted by atomic mass is 32.2. The lowest BCUT2D eigenvalue weighted by molar-refractivity contribution is 0.516. The molecule has 6 heteroatoms. The summed E-state index contributed by atoms with van der Waals surface area (Å²) in [5.41, 5.74) is 6.65. The Hall–Kier alpha value is -1.42. The van der Waals surface area contributed by atoms with Crippen LogP contribution in [0, 0.1) is 11.3 Å². The molecule has 1 aromatic rings. The van der Waals surface area contributed by atoms with Crippen molar-refractivity contribution >= 4 is 10.0 Å². The quantitative estimate of drug-likeness (QED) is 0.759. The van der Waals surface area contributed by atoms with Gasteiger partial charge in [0.05, 0.1) is 17.4 Å². The Labute approximate surface area is 120 Å². The van der Waals surface area contributed by atoms with Crippen molar-refractivity contribution in [3.05, 3.63) is 35.4 Å². The van der Waals surface area contributed by atoms with E-state index in [1.54, 1.807) is 24.3 Å². The average molecular weight is 295 g/mol. The van der Waals surface area contributed by atoms with E-state index in [1.807, 2.05) is 6.07 Å². The van der Waals surface area contributed by atoms with Gasteiger partial charge in [0.1, 0.15) is 0 Å². The molecular weight excluding hydrogens is 274 g/mol. The minimum absolute atomic E-state index is 0.134. The zero-order chi connectivity index (χ0) is 15.0. The maximum absolute atomic E-state index is 12.1. The van der Waals surface area contributed by atoms with Crippen molar-refractivity contribution in [2.45, 2.75) is 38.0 Å². The largest absolute Gasteiger partial charge is 0.329 e. The number of hydrogen-bond donors (Lipinski definition) is 2. The Kier molecular flexibility index (Phi) is 6.65. The smallest absolute Gasteiger partial charge is 0.216 e. The van der Waals surface area contributed by atoms with Gasteiger partial charge >= 0.3 is 0 Å². The molecule has 3 N–H and O–H groups in total. The van der Waals surface area contributed by atoms with Crippen LogP contribution in [0.1, 0.15) is 37.3 Å². The topological polar surface area (TPSA) is 96.0 Å².